The van der Waals surface area contributed by atoms with Crippen LogP contribution in [0.4, 0.5) is 11.6 Å². The molecular weight excluding hydrogens is 258 g/mol. The van der Waals surface area contributed by atoms with Crippen molar-refractivity contribution in [3.63, 3.8) is 0 Å². The highest BCUT2D eigenvalue weighted by Crippen LogP contribution is 2.39. The molecule has 0 spiro atoms. The van der Waals surface area contributed by atoms with E-state index in [0.29, 0.717) is 12.0 Å². The van der Waals surface area contributed by atoms with Gasteiger partial charge in [0.05, 0.1) is 5.69 Å². The maximum Gasteiger partial charge on any atom is 0.207 e. The van der Waals surface area contributed by atoms with Crippen LogP contribution in [0.3, 0.4) is 0 Å². The predicted octanol–water partition coefficient (Wildman–Crippen LogP) is 4.93. The molecule has 1 saturated carbocycles. The number of nitrogens with one attached hydrogen (secondary N) is 1. The van der Waals surface area contributed by atoms with Crippen LogP contribution in [-0.4, -0.2) is 9.55 Å². The van der Waals surface area contributed by atoms with Crippen LogP contribution in [0.1, 0.15) is 44.8 Å². The van der Waals surface area contributed by atoms with E-state index in [9.17, 15) is 0 Å². The molecule has 1 aliphatic rings. The normalized spacial score (nSPS) is 25.8. The van der Waals surface area contributed by atoms with Crippen LogP contribution in [0.5, 0.6) is 0 Å². The maximum absolute atomic E-state index is 4.69. The quantitative estimate of drug-likeness (QED) is 0.865. The fraction of sp³-hybridized carbons (Fsp3) is 0.500. The topological polar surface area (TPSA) is 29.9 Å². The first-order valence-corrected chi connectivity index (χ1v) is 8.02. The minimum atomic E-state index is 0.557. The lowest BCUT2D eigenvalue weighted by Gasteiger charge is -2.35. The van der Waals surface area contributed by atoms with E-state index in [4.69, 9.17) is 4.98 Å². The number of imidazole rings is 1. The minimum Gasteiger partial charge on any atom is -0.326 e. The summed E-state index contributed by atoms with van der Waals surface area (Å²) in [5.74, 6) is 2.46. The van der Waals surface area contributed by atoms with E-state index in [1.807, 2.05) is 18.2 Å². The third-order valence-electron chi connectivity index (χ3n) is 4.90. The van der Waals surface area contributed by atoms with Crippen molar-refractivity contribution in [1.82, 2.24) is 9.55 Å². The molecule has 1 aromatic carbocycles. The van der Waals surface area contributed by atoms with Crippen LogP contribution in [-0.2, 0) is 0 Å². The lowest BCUT2D eigenvalue weighted by Crippen LogP contribution is -2.27. The van der Waals surface area contributed by atoms with E-state index < -0.39 is 0 Å². The third-order valence-corrected chi connectivity index (χ3v) is 4.90. The Morgan fingerprint density at radius 2 is 1.90 bits per heavy atom. The Morgan fingerprint density at radius 1 is 1.14 bits per heavy atom. The summed E-state index contributed by atoms with van der Waals surface area (Å²) >= 11 is 0. The van der Waals surface area contributed by atoms with Crippen LogP contribution in [0.15, 0.2) is 36.5 Å². The monoisotopic (exact) mass is 283 g/mol. The molecule has 3 nitrogen and oxygen atoms in total. The van der Waals surface area contributed by atoms with Gasteiger partial charge in [0, 0.05) is 17.9 Å². The van der Waals surface area contributed by atoms with Crippen LogP contribution in [0, 0.1) is 18.8 Å². The lowest BCUT2D eigenvalue weighted by molar-refractivity contribution is 0.188. The van der Waals surface area contributed by atoms with Gasteiger partial charge < -0.3 is 9.88 Å². The Balaban J connectivity index is 1.89. The summed E-state index contributed by atoms with van der Waals surface area (Å²) in [6, 6.07) is 10.9. The molecular formula is C18H25N3. The molecule has 1 heterocycles. The molecule has 0 aliphatic heterocycles. The van der Waals surface area contributed by atoms with Crippen molar-refractivity contribution in [2.24, 2.45) is 11.8 Å². The second-order valence-corrected chi connectivity index (χ2v) is 6.44. The fourth-order valence-corrected chi connectivity index (χ4v) is 3.46. The molecule has 21 heavy (non-hydrogen) atoms. The van der Waals surface area contributed by atoms with Crippen LogP contribution < -0.4 is 5.32 Å². The zero-order valence-electron chi connectivity index (χ0n) is 13.2. The van der Waals surface area contributed by atoms with E-state index in [1.165, 1.54) is 19.3 Å². The Hall–Kier alpha value is -1.77. The number of aryl methyl sites for hydroxylation is 1. The molecule has 0 radical (unpaired) electrons. The summed E-state index contributed by atoms with van der Waals surface area (Å²) in [5.41, 5.74) is 2.18. The van der Waals surface area contributed by atoms with E-state index >= 15 is 0 Å². The summed E-state index contributed by atoms with van der Waals surface area (Å²) in [5, 5.41) is 3.48. The minimum absolute atomic E-state index is 0.557. The Kier molecular flexibility index (Phi) is 4.00. The highest BCUT2D eigenvalue weighted by molar-refractivity contribution is 5.53. The van der Waals surface area contributed by atoms with Gasteiger partial charge in [-0.1, -0.05) is 44.9 Å². The zero-order chi connectivity index (χ0) is 14.8. The largest absolute Gasteiger partial charge is 0.326 e. The smallest absolute Gasteiger partial charge is 0.207 e. The second kappa shape index (κ2) is 5.92. The van der Waals surface area contributed by atoms with Crippen molar-refractivity contribution in [3.05, 3.63) is 42.2 Å². The Bertz CT molecular complexity index is 588. The molecule has 2 aromatic rings. The number of aromatic nitrogens is 2. The molecule has 3 heteroatoms. The van der Waals surface area contributed by atoms with Gasteiger partial charge in [-0.15, -0.1) is 0 Å². The predicted molar refractivity (Wildman–Crippen MR) is 87.9 cm³/mol. The van der Waals surface area contributed by atoms with E-state index in [1.54, 1.807) is 0 Å². The molecule has 3 rings (SSSR count). The number of hydrogen-bond acceptors (Lipinski definition) is 2. The average molecular weight is 283 g/mol. The van der Waals surface area contributed by atoms with Gasteiger partial charge in [-0.2, -0.15) is 0 Å². The molecule has 1 aromatic heterocycles. The van der Waals surface area contributed by atoms with Crippen molar-refractivity contribution in [2.75, 3.05) is 5.32 Å². The van der Waals surface area contributed by atoms with Gasteiger partial charge in [-0.25, -0.2) is 4.98 Å². The van der Waals surface area contributed by atoms with Crippen LogP contribution in [0.25, 0.3) is 0 Å². The second-order valence-electron chi connectivity index (χ2n) is 6.44. The van der Waals surface area contributed by atoms with Gasteiger partial charge in [-0.3, -0.25) is 0 Å². The van der Waals surface area contributed by atoms with Crippen molar-refractivity contribution in [2.45, 2.75) is 46.1 Å². The van der Waals surface area contributed by atoms with Gasteiger partial charge >= 0.3 is 0 Å². The molecule has 0 saturated heterocycles. The van der Waals surface area contributed by atoms with Gasteiger partial charge in [0.2, 0.25) is 5.95 Å². The van der Waals surface area contributed by atoms with Gasteiger partial charge in [0.15, 0.2) is 0 Å². The summed E-state index contributed by atoms with van der Waals surface area (Å²) in [4.78, 5) is 4.69. The number of nitrogens with zero attached hydrogens (tertiary/aromatic N) is 2. The molecule has 0 amide bonds. The summed E-state index contributed by atoms with van der Waals surface area (Å²) in [6.07, 6.45) is 6.13. The number of hydrogen-bond donors (Lipinski definition) is 1. The van der Waals surface area contributed by atoms with Crippen LogP contribution >= 0.6 is 0 Å². The van der Waals surface area contributed by atoms with E-state index in [-0.39, 0.29) is 0 Å². The first-order chi connectivity index (χ1) is 10.1. The van der Waals surface area contributed by atoms with Crippen molar-refractivity contribution in [1.29, 1.82) is 0 Å². The lowest BCUT2D eigenvalue weighted by atomic mass is 9.78. The summed E-state index contributed by atoms with van der Waals surface area (Å²) < 4.78 is 2.36. The molecule has 1 fully saturated rings. The highest BCUT2D eigenvalue weighted by Gasteiger charge is 2.29. The average Bonchev–Trinajstić information content (AvgIpc) is 2.83. The fourth-order valence-electron chi connectivity index (χ4n) is 3.46. The Labute approximate surface area is 127 Å². The van der Waals surface area contributed by atoms with Crippen molar-refractivity contribution >= 4 is 11.6 Å². The molecule has 112 valence electrons. The van der Waals surface area contributed by atoms with Crippen LogP contribution in [0.2, 0.25) is 0 Å². The molecule has 1 N–H and O–H groups in total. The number of para-hydroxylation sites is 1. The van der Waals surface area contributed by atoms with Gasteiger partial charge in [0.1, 0.15) is 0 Å². The van der Waals surface area contributed by atoms with Gasteiger partial charge in [-0.05, 0) is 37.3 Å². The first kappa shape index (κ1) is 14.2. The summed E-state index contributed by atoms with van der Waals surface area (Å²) in [7, 11) is 0. The number of benzene rings is 1. The van der Waals surface area contributed by atoms with Crippen molar-refractivity contribution in [3.8, 4) is 0 Å². The summed E-state index contributed by atoms with van der Waals surface area (Å²) in [6.45, 7) is 6.84. The van der Waals surface area contributed by atoms with E-state index in [2.05, 4.69) is 49.0 Å². The standard InChI is InChI=1S/C18H25N3/c1-13-8-7-11-17(15(13)3)21-12-14(2)19-18(21)20-16-9-5-4-6-10-16/h4-6,9-10,12-13,15,17H,7-8,11H2,1-3H3,(H,19,20). The number of anilines is 2. The first-order valence-electron chi connectivity index (χ1n) is 8.02. The molecule has 3 unspecified atom stereocenters. The molecule has 3 atom stereocenters. The maximum atomic E-state index is 4.69. The zero-order valence-corrected chi connectivity index (χ0v) is 13.2. The Morgan fingerprint density at radius 3 is 2.67 bits per heavy atom. The number of rotatable bonds is 3. The molecule has 1 aliphatic carbocycles. The third kappa shape index (κ3) is 2.97. The van der Waals surface area contributed by atoms with Crippen molar-refractivity contribution < 1.29 is 0 Å². The SMILES string of the molecule is Cc1cn(C2CCCC(C)C2C)c(Nc2ccccc2)n1. The molecule has 0 bridgehead atoms. The highest BCUT2D eigenvalue weighted by atomic mass is 15.2. The van der Waals surface area contributed by atoms with Gasteiger partial charge in [0.25, 0.3) is 0 Å². The van der Waals surface area contributed by atoms with E-state index in [0.717, 1.165) is 23.2 Å².